The highest BCUT2D eigenvalue weighted by atomic mass is 16.5. The van der Waals surface area contributed by atoms with Crippen molar-refractivity contribution in [3.63, 3.8) is 0 Å². The molecule has 8 nitrogen and oxygen atoms in total. The second-order valence-corrected chi connectivity index (χ2v) is 17.4. The van der Waals surface area contributed by atoms with Crippen LogP contribution < -0.4 is 4.74 Å². The first-order chi connectivity index (χ1) is 27.7. The number of Topliss-reactive ketones (excluding diaryl/α,β-unsaturated/α-hetero) is 1. The van der Waals surface area contributed by atoms with Crippen LogP contribution in [0.25, 0.3) is 0 Å². The van der Waals surface area contributed by atoms with Crippen LogP contribution in [0.1, 0.15) is 126 Å². The number of ketones is 1. The molecule has 2 saturated carbocycles. The summed E-state index contributed by atoms with van der Waals surface area (Å²) in [5.41, 5.74) is 8.78. The van der Waals surface area contributed by atoms with Crippen molar-refractivity contribution in [2.45, 2.75) is 115 Å². The van der Waals surface area contributed by atoms with Gasteiger partial charge in [0.2, 0.25) is 5.91 Å². The molecule has 0 radical (unpaired) electrons. The van der Waals surface area contributed by atoms with Crippen LogP contribution in [0.2, 0.25) is 0 Å². The molecule has 0 spiro atoms. The van der Waals surface area contributed by atoms with Gasteiger partial charge in [0.05, 0.1) is 12.1 Å². The van der Waals surface area contributed by atoms with Crippen molar-refractivity contribution in [1.82, 2.24) is 9.80 Å². The number of carbonyl (C=O) groups excluding carboxylic acids is 4. The molecule has 2 fully saturated rings. The Kier molecular flexibility index (Phi) is 10.2. The third-order valence-electron chi connectivity index (χ3n) is 13.9. The summed E-state index contributed by atoms with van der Waals surface area (Å²) in [6.45, 7) is 2.94. The number of hydrogen-bond donors (Lipinski definition) is 1. The Balaban J connectivity index is 0.756. The summed E-state index contributed by atoms with van der Waals surface area (Å²) < 4.78 is 6.50. The molecular weight excluding hydrogens is 713 g/mol. The number of aryl methyl sites for hydroxylation is 1. The van der Waals surface area contributed by atoms with Gasteiger partial charge >= 0.3 is 0 Å². The van der Waals surface area contributed by atoms with Gasteiger partial charge in [0.15, 0.2) is 0 Å². The van der Waals surface area contributed by atoms with Crippen molar-refractivity contribution in [3.8, 4) is 11.5 Å². The van der Waals surface area contributed by atoms with Crippen molar-refractivity contribution < 1.29 is 29.0 Å². The molecule has 2 amide bonds. The average Bonchev–Trinajstić information content (AvgIpc) is 3.78. The zero-order valence-corrected chi connectivity index (χ0v) is 32.8. The number of hydrogen-bond acceptors (Lipinski definition) is 6. The fourth-order valence-corrected chi connectivity index (χ4v) is 10.7. The topological polar surface area (TPSA) is 104 Å². The van der Waals surface area contributed by atoms with E-state index in [0.29, 0.717) is 55.1 Å². The van der Waals surface area contributed by atoms with Gasteiger partial charge in [-0.2, -0.15) is 0 Å². The minimum absolute atomic E-state index is 0.00627. The van der Waals surface area contributed by atoms with Gasteiger partial charge in [0.25, 0.3) is 5.91 Å². The molecule has 3 atom stereocenters. The Morgan fingerprint density at radius 2 is 1.54 bits per heavy atom. The minimum Gasteiger partial charge on any atom is -0.508 e. The molecule has 0 saturated heterocycles. The highest BCUT2D eigenvalue weighted by Gasteiger charge is 2.41. The smallest absolute Gasteiger partial charge is 0.255 e. The molecule has 294 valence electrons. The molecule has 0 aromatic heterocycles. The Morgan fingerprint density at radius 3 is 2.26 bits per heavy atom. The summed E-state index contributed by atoms with van der Waals surface area (Å²) in [6, 6.07) is 28.8. The number of rotatable bonds is 11. The predicted octanol–water partition coefficient (Wildman–Crippen LogP) is 8.65. The van der Waals surface area contributed by atoms with E-state index in [1.54, 1.807) is 4.90 Å². The van der Waals surface area contributed by atoms with E-state index in [4.69, 9.17) is 4.74 Å². The van der Waals surface area contributed by atoms with Crippen molar-refractivity contribution >= 4 is 23.9 Å². The molecule has 8 heteroatoms. The van der Waals surface area contributed by atoms with E-state index >= 15 is 0 Å². The maximum atomic E-state index is 13.8. The van der Waals surface area contributed by atoms with E-state index in [1.807, 2.05) is 29.2 Å². The lowest BCUT2D eigenvalue weighted by Crippen LogP contribution is -2.41. The van der Waals surface area contributed by atoms with Crippen LogP contribution in [0.4, 0.5) is 0 Å². The Morgan fingerprint density at radius 1 is 0.807 bits per heavy atom. The first kappa shape index (κ1) is 37.3. The number of fused-ring (bicyclic) bond motifs is 3. The molecule has 4 aromatic rings. The molecule has 4 aromatic carbocycles. The van der Waals surface area contributed by atoms with E-state index in [-0.39, 0.29) is 42.0 Å². The minimum atomic E-state index is -0.606. The standard InChI is InChI=1S/C49H52N2O6/c1-30(53)7-15-40(29-52)51-28-39-21-37-26-50(27-38(37)25-46(39)49(51)56)48(55)34-10-8-31(9-11-34)36-23-43(24-36)57-42-17-12-33(13-18-42)47-44(32-5-3-2-4-6-32)19-14-35-22-41(54)16-20-45(35)47/h2-6,12-13,16-18,20-22,25,29,31,34,36,40,43-44,47,54H,7-11,14-15,19,23-24,26-28H2,1H3/t31?,34?,36?,40?,43?,44-,47+/m1/s1. The lowest BCUT2D eigenvalue weighted by atomic mass is 9.67. The van der Waals surface area contributed by atoms with Gasteiger partial charge in [0.1, 0.15) is 23.6 Å². The van der Waals surface area contributed by atoms with Gasteiger partial charge in [-0.1, -0.05) is 54.6 Å². The summed E-state index contributed by atoms with van der Waals surface area (Å²) in [6.07, 6.45) is 9.73. The van der Waals surface area contributed by atoms with E-state index < -0.39 is 6.04 Å². The maximum Gasteiger partial charge on any atom is 0.255 e. The maximum absolute atomic E-state index is 13.8. The number of phenolic OH excluding ortho intramolecular Hbond substituents is 1. The summed E-state index contributed by atoms with van der Waals surface area (Å²) >= 11 is 0. The average molecular weight is 765 g/mol. The quantitative estimate of drug-likeness (QED) is 0.153. The second kappa shape index (κ2) is 15.6. The Labute approximate surface area is 335 Å². The zero-order chi connectivity index (χ0) is 39.2. The number of benzene rings is 4. The van der Waals surface area contributed by atoms with Crippen LogP contribution in [0.5, 0.6) is 11.5 Å². The van der Waals surface area contributed by atoms with Gasteiger partial charge in [-0.15, -0.1) is 0 Å². The molecule has 2 heterocycles. The van der Waals surface area contributed by atoms with Crippen LogP contribution in [-0.4, -0.2) is 50.9 Å². The summed E-state index contributed by atoms with van der Waals surface area (Å²) in [7, 11) is 0. The first-order valence-electron chi connectivity index (χ1n) is 21.0. The van der Waals surface area contributed by atoms with Gasteiger partial charge in [0, 0.05) is 43.5 Å². The van der Waals surface area contributed by atoms with E-state index in [9.17, 15) is 24.3 Å². The fraction of sp³-hybridized carbons (Fsp3) is 0.429. The lowest BCUT2D eigenvalue weighted by molar-refractivity contribution is -0.138. The monoisotopic (exact) mass is 764 g/mol. The number of nitrogens with zero attached hydrogens (tertiary/aromatic N) is 2. The molecule has 1 unspecified atom stereocenters. The first-order valence-corrected chi connectivity index (χ1v) is 21.0. The summed E-state index contributed by atoms with van der Waals surface area (Å²) in [5, 5.41) is 10.2. The fourth-order valence-electron chi connectivity index (χ4n) is 10.7. The van der Waals surface area contributed by atoms with Crippen molar-refractivity contribution in [3.05, 3.63) is 129 Å². The molecule has 5 aliphatic rings. The van der Waals surface area contributed by atoms with Crippen LogP contribution in [-0.2, 0) is 40.4 Å². The number of ether oxygens (including phenoxy) is 1. The SMILES string of the molecule is CC(=O)CCC(C=O)N1Cc2cc3c(cc2C1=O)CN(C(=O)C1CCC(C2CC(Oc4ccc([C@@H]5c6ccc(O)cc6CC[C@@H]5c5ccccc5)cc4)C2)CC1)C3. The van der Waals surface area contributed by atoms with Gasteiger partial charge in [-0.25, -0.2) is 0 Å². The van der Waals surface area contributed by atoms with Gasteiger partial charge in [-0.3, -0.25) is 9.59 Å². The third-order valence-corrected chi connectivity index (χ3v) is 13.9. The van der Waals surface area contributed by atoms with Gasteiger partial charge in [-0.05, 0) is 152 Å². The molecule has 9 rings (SSSR count). The van der Waals surface area contributed by atoms with E-state index in [0.717, 1.165) is 80.1 Å². The predicted molar refractivity (Wildman–Crippen MR) is 217 cm³/mol. The zero-order valence-electron chi connectivity index (χ0n) is 32.8. The van der Waals surface area contributed by atoms with Crippen molar-refractivity contribution in [1.29, 1.82) is 0 Å². The second-order valence-electron chi connectivity index (χ2n) is 17.4. The van der Waals surface area contributed by atoms with Gasteiger partial charge < -0.3 is 29.2 Å². The largest absolute Gasteiger partial charge is 0.508 e. The number of carbonyl (C=O) groups is 4. The Bertz CT molecular complexity index is 2170. The van der Waals surface area contributed by atoms with Crippen LogP contribution in [0.3, 0.4) is 0 Å². The third kappa shape index (κ3) is 7.39. The molecule has 1 N–H and O–H groups in total. The van der Waals surface area contributed by atoms with Crippen molar-refractivity contribution in [2.75, 3.05) is 0 Å². The number of amides is 2. The van der Waals surface area contributed by atoms with E-state index in [2.05, 4.69) is 60.7 Å². The highest BCUT2D eigenvalue weighted by Crippen LogP contribution is 2.48. The summed E-state index contributed by atoms with van der Waals surface area (Å²) in [4.78, 5) is 53.9. The lowest BCUT2D eigenvalue weighted by Gasteiger charge is -2.43. The Hall–Kier alpha value is -5.24. The van der Waals surface area contributed by atoms with E-state index in [1.165, 1.54) is 29.2 Å². The highest BCUT2D eigenvalue weighted by molar-refractivity contribution is 6.00. The van der Waals surface area contributed by atoms with Crippen LogP contribution in [0.15, 0.2) is 84.9 Å². The molecule has 57 heavy (non-hydrogen) atoms. The van der Waals surface area contributed by atoms with Crippen LogP contribution in [0, 0.1) is 17.8 Å². The molecular formula is C49H52N2O6. The normalized spacial score (nSPS) is 25.5. The molecule has 2 aliphatic heterocycles. The number of aldehydes is 1. The number of aromatic hydroxyl groups is 1. The summed E-state index contributed by atoms with van der Waals surface area (Å²) in [5.74, 6) is 3.22. The molecule has 0 bridgehead atoms. The molecule has 3 aliphatic carbocycles. The van der Waals surface area contributed by atoms with Crippen LogP contribution >= 0.6 is 0 Å². The van der Waals surface area contributed by atoms with Crippen molar-refractivity contribution in [2.24, 2.45) is 17.8 Å². The number of phenols is 1.